The Morgan fingerprint density at radius 2 is 0.594 bits per heavy atom. The molecule has 0 saturated carbocycles. The van der Waals surface area contributed by atoms with Gasteiger partial charge in [-0.05, 0) is 104 Å². The van der Waals surface area contributed by atoms with Crippen molar-refractivity contribution in [2.45, 2.75) is 100 Å². The van der Waals surface area contributed by atoms with E-state index in [0.717, 1.165) is 74.1 Å². The quantitative estimate of drug-likeness (QED) is 0.0146. The number of ether oxygens (including phenoxy) is 16. The van der Waals surface area contributed by atoms with Crippen LogP contribution in [0.1, 0.15) is 133 Å². The average molecular weight is 1850 g/mol. The lowest BCUT2D eigenvalue weighted by Gasteiger charge is -2.35. The van der Waals surface area contributed by atoms with E-state index in [1.807, 2.05) is 55.0 Å². The zero-order valence-electron chi connectivity index (χ0n) is 77.1. The third kappa shape index (κ3) is 30.7. The number of aliphatic hydroxyl groups excluding tert-OH is 1. The number of ketones is 5. The molecule has 0 aromatic heterocycles. The third-order valence-corrected chi connectivity index (χ3v) is 22.1. The fourth-order valence-electron chi connectivity index (χ4n) is 15.3. The maximum Gasteiger partial charge on any atom is 0.349 e. The lowest BCUT2D eigenvalue weighted by Crippen LogP contribution is -2.41. The molecule has 0 aliphatic carbocycles. The highest BCUT2D eigenvalue weighted by molar-refractivity contribution is 5.99. The van der Waals surface area contributed by atoms with Crippen molar-refractivity contribution in [2.75, 3.05) is 166 Å². The molecule has 4 saturated heterocycles. The van der Waals surface area contributed by atoms with Crippen LogP contribution in [0.4, 0.5) is 0 Å². The number of hydrogen-bond acceptors (Lipinski definition) is 32. The standard InChI is InChI=1S/2C19H16O7.C15H23NO4.3C15H21NO4.CH4/c2*20-12-25-16(11-15(21)13-7-3-1-4-8-13)17(18(22)23)26-19(24)14-9-5-2-6-10-14;4*1-16-6-5-11(12(17)9-16)15-13(19-3)7-10(18-2)8-14(15)20-4;/h2*1-10,12,16-17H,11H2,(H,22,23);7-8,11-12,17H,5-6,9H2,1-4H3;3*7-8,11H,5-6,9H2,1-4H3;1H4/t2*16-,17-;;2*11-;;/m00.00../s1. The van der Waals surface area contributed by atoms with Crippen molar-refractivity contribution in [3.05, 3.63) is 214 Å². The maximum atomic E-state index is 12.3. The second-order valence-corrected chi connectivity index (χ2v) is 30.7. The second kappa shape index (κ2) is 54.9. The highest BCUT2D eigenvalue weighted by Gasteiger charge is 2.40. The molecule has 0 bridgehead atoms. The summed E-state index contributed by atoms with van der Waals surface area (Å²) in [6.07, 6.45) is -4.67. The Morgan fingerprint density at radius 3 is 0.812 bits per heavy atom. The number of likely N-dealkylation sites (tertiary alicyclic amines) is 4. The monoisotopic (exact) mass is 1850 g/mol. The number of carboxylic acid groups (broad SMARTS) is 2. The van der Waals surface area contributed by atoms with Crippen LogP contribution in [-0.2, 0) is 52.5 Å². The molecule has 9 atom stereocenters. The van der Waals surface area contributed by atoms with E-state index >= 15 is 0 Å². The molecule has 8 aromatic carbocycles. The van der Waals surface area contributed by atoms with Crippen molar-refractivity contribution in [3.8, 4) is 69.0 Å². The van der Waals surface area contributed by atoms with E-state index in [1.165, 1.54) is 24.3 Å². The van der Waals surface area contributed by atoms with Crippen LogP contribution >= 0.6 is 0 Å². The maximum absolute atomic E-state index is 12.3. The number of rotatable bonds is 34. The Bertz CT molecular complexity index is 4670. The Kier molecular flexibility index (Phi) is 44.6. The van der Waals surface area contributed by atoms with Gasteiger partial charge in [-0.25, -0.2) is 19.2 Å². The van der Waals surface area contributed by atoms with Gasteiger partial charge in [-0.1, -0.05) is 104 Å². The highest BCUT2D eigenvalue weighted by atomic mass is 16.6. The van der Waals surface area contributed by atoms with E-state index in [4.69, 9.17) is 75.8 Å². The van der Waals surface area contributed by atoms with Crippen LogP contribution in [0.2, 0.25) is 0 Å². The lowest BCUT2D eigenvalue weighted by molar-refractivity contribution is -0.160. The van der Waals surface area contributed by atoms with E-state index in [9.17, 15) is 68.1 Å². The molecule has 3 N–H and O–H groups in total. The van der Waals surface area contributed by atoms with Crippen molar-refractivity contribution in [2.24, 2.45) is 0 Å². The van der Waals surface area contributed by atoms with Crippen molar-refractivity contribution in [1.82, 2.24) is 19.6 Å². The molecular formula is C99H122N4O30. The van der Waals surface area contributed by atoms with Crippen molar-refractivity contribution >= 4 is 65.7 Å². The van der Waals surface area contributed by atoms with Crippen LogP contribution in [0, 0.1) is 0 Å². The number of aliphatic hydroxyl groups is 1. The van der Waals surface area contributed by atoms with Gasteiger partial charge in [0, 0.05) is 94.4 Å². The number of benzene rings is 8. The predicted molar refractivity (Wildman–Crippen MR) is 491 cm³/mol. The molecule has 133 heavy (non-hydrogen) atoms. The minimum absolute atomic E-state index is 0. The zero-order chi connectivity index (χ0) is 96.7. The van der Waals surface area contributed by atoms with Gasteiger partial charge in [0.25, 0.3) is 12.9 Å². The number of carbonyl (C=O) groups is 11. The molecule has 4 heterocycles. The highest BCUT2D eigenvalue weighted by Crippen LogP contribution is 2.47. The number of carbonyl (C=O) groups excluding carboxylic acids is 9. The summed E-state index contributed by atoms with van der Waals surface area (Å²) in [5, 5.41) is 29.1. The number of nitrogens with zero attached hydrogens (tertiary/aromatic N) is 4. The van der Waals surface area contributed by atoms with Crippen LogP contribution in [0.25, 0.3) is 0 Å². The molecule has 0 amide bonds. The number of esters is 2. The number of hydrogen-bond donors (Lipinski definition) is 3. The first-order valence-electron chi connectivity index (χ1n) is 42.0. The van der Waals surface area contributed by atoms with Gasteiger partial charge in [0.1, 0.15) is 69.0 Å². The molecule has 8 aromatic rings. The van der Waals surface area contributed by atoms with Crippen molar-refractivity contribution < 1.29 is 144 Å². The average Bonchev–Trinajstić information content (AvgIpc) is 0.802. The van der Waals surface area contributed by atoms with E-state index in [1.54, 1.807) is 219 Å². The van der Waals surface area contributed by atoms with Crippen LogP contribution < -0.4 is 56.8 Å². The Labute approximate surface area is 774 Å². The fraction of sp³-hybridized carbons (Fsp3) is 0.404. The third-order valence-electron chi connectivity index (χ3n) is 22.1. The molecule has 12 rings (SSSR count). The largest absolute Gasteiger partial charge is 0.496 e. The van der Waals surface area contributed by atoms with Gasteiger partial charge in [0.05, 0.1) is 153 Å². The summed E-state index contributed by atoms with van der Waals surface area (Å²) in [4.78, 5) is 138. The number of methoxy groups -OCH3 is 12. The summed E-state index contributed by atoms with van der Waals surface area (Å²) in [6.45, 7) is 5.68. The summed E-state index contributed by atoms with van der Waals surface area (Å²) in [7, 11) is 27.1. The van der Waals surface area contributed by atoms with E-state index in [2.05, 4.69) is 4.90 Å². The minimum atomic E-state index is -1.82. The van der Waals surface area contributed by atoms with E-state index < -0.39 is 78.8 Å². The van der Waals surface area contributed by atoms with Gasteiger partial charge < -0.3 is 96.0 Å². The molecule has 4 fully saturated rings. The fourth-order valence-corrected chi connectivity index (χ4v) is 15.3. The molecule has 4 aliphatic rings. The van der Waals surface area contributed by atoms with Gasteiger partial charge >= 0.3 is 23.9 Å². The topological polar surface area (TPSA) is 409 Å². The lowest BCUT2D eigenvalue weighted by atomic mass is 9.86. The van der Waals surface area contributed by atoms with Crippen molar-refractivity contribution in [1.29, 1.82) is 0 Å². The summed E-state index contributed by atoms with van der Waals surface area (Å²) in [5.74, 6) is 2.24. The molecule has 0 radical (unpaired) electrons. The molecule has 0 spiro atoms. The Morgan fingerprint density at radius 1 is 0.353 bits per heavy atom. The first-order valence-corrected chi connectivity index (χ1v) is 42.0. The molecule has 3 unspecified atom stereocenters. The number of Topliss-reactive ketones (excluding diaryl/α,β-unsaturated/α-hetero) is 5. The van der Waals surface area contributed by atoms with Crippen LogP contribution in [0.15, 0.2) is 170 Å². The summed E-state index contributed by atoms with van der Waals surface area (Å²) < 4.78 is 83.9. The number of piperidine rings is 4. The van der Waals surface area contributed by atoms with Gasteiger partial charge in [-0.3, -0.25) is 48.3 Å². The van der Waals surface area contributed by atoms with Gasteiger partial charge in [0.15, 0.2) is 41.1 Å². The number of aliphatic carboxylic acids is 2. The second-order valence-electron chi connectivity index (χ2n) is 30.7. The molecule has 718 valence electrons. The first kappa shape index (κ1) is 108. The van der Waals surface area contributed by atoms with Gasteiger partial charge in [-0.15, -0.1) is 0 Å². The Balaban J connectivity index is 0.000000246. The minimum Gasteiger partial charge on any atom is -0.496 e. The summed E-state index contributed by atoms with van der Waals surface area (Å²) in [6, 6.07) is 46.2. The van der Waals surface area contributed by atoms with Crippen LogP contribution in [0.3, 0.4) is 0 Å². The van der Waals surface area contributed by atoms with Gasteiger partial charge in [-0.2, -0.15) is 0 Å². The zero-order valence-corrected chi connectivity index (χ0v) is 77.1. The van der Waals surface area contributed by atoms with Gasteiger partial charge in [0.2, 0.25) is 12.2 Å². The Hall–Kier alpha value is -13.7. The number of β-amino-alcohol motifs (C(OH)–C–C–N with tert-alkyl or cyclic N) is 1. The normalized spacial score (nSPS) is 17.3. The summed E-state index contributed by atoms with van der Waals surface area (Å²) >= 11 is 0. The van der Waals surface area contributed by atoms with E-state index in [-0.39, 0.29) is 72.5 Å². The first-order chi connectivity index (χ1) is 63.4. The van der Waals surface area contributed by atoms with Crippen molar-refractivity contribution in [3.63, 3.8) is 0 Å². The smallest absolute Gasteiger partial charge is 0.349 e. The molecule has 34 heteroatoms. The molecule has 34 nitrogen and oxygen atoms in total. The number of likely N-dealkylation sites (N-methyl/N-ethyl adjacent to an activating group) is 4. The van der Waals surface area contributed by atoms with E-state index in [0.29, 0.717) is 106 Å². The molecular weight excluding hydrogens is 1730 g/mol. The van der Waals surface area contributed by atoms with Crippen LogP contribution in [-0.4, -0.2) is 297 Å². The predicted octanol–water partition coefficient (Wildman–Crippen LogP) is 11.5. The SMILES string of the molecule is C.COc1cc(OC)c(C2CCN(C)CC2=O)c(OC)c1.COc1cc(OC)c(C2CCN(C)CC2O)c(OC)c1.COc1cc(OC)c([C@H]2CCN(C)CC2=O)c(OC)c1.COc1cc(OC)c([C@H]2CCN(C)CC2=O)c(OC)c1.O=CO[C@@H](CC(=O)c1ccccc1)[C@H](OC(=O)c1ccccc1)C(=O)O.O=CO[C@@H](CC(=O)c1ccccc1)[C@H](OC(=O)c1ccccc1)C(=O)O. The number of carboxylic acids is 2. The molecule has 4 aliphatic heterocycles. The summed E-state index contributed by atoms with van der Waals surface area (Å²) in [5.41, 5.74) is 4.33. The van der Waals surface area contributed by atoms with Crippen LogP contribution in [0.5, 0.6) is 69.0 Å².